The molecule has 0 aromatic heterocycles. The van der Waals surface area contributed by atoms with Gasteiger partial charge in [-0.05, 0) is 67.1 Å². The number of urea groups is 1. The summed E-state index contributed by atoms with van der Waals surface area (Å²) in [6.07, 6.45) is 3.10. The highest BCUT2D eigenvalue weighted by Gasteiger charge is 2.49. The van der Waals surface area contributed by atoms with Gasteiger partial charge < -0.3 is 15.4 Å². The zero-order valence-electron chi connectivity index (χ0n) is 18.8. The van der Waals surface area contributed by atoms with E-state index in [9.17, 15) is 14.4 Å². The van der Waals surface area contributed by atoms with Crippen molar-refractivity contribution in [3.8, 4) is 11.5 Å². The molecule has 0 radical (unpaired) electrons. The number of hydrogen-bond acceptors (Lipinski definition) is 4. The van der Waals surface area contributed by atoms with Gasteiger partial charge in [0.1, 0.15) is 17.8 Å². The number of fused-ring (bicyclic) bond motifs is 1. The van der Waals surface area contributed by atoms with Crippen LogP contribution in [0.2, 0.25) is 0 Å². The quantitative estimate of drug-likeness (QED) is 0.540. The fourth-order valence-corrected chi connectivity index (χ4v) is 4.53. The second-order valence-corrected chi connectivity index (χ2v) is 8.74. The first-order valence-corrected chi connectivity index (χ1v) is 11.3. The largest absolute Gasteiger partial charge is 0.455 e. The predicted molar refractivity (Wildman–Crippen MR) is 128 cm³/mol. The Labute approximate surface area is 197 Å². The average Bonchev–Trinajstić information content (AvgIpc) is 3.39. The maximum Gasteiger partial charge on any atom is 0.325 e. The molecule has 1 heterocycles. The van der Waals surface area contributed by atoms with Gasteiger partial charge in [-0.2, -0.15) is 0 Å². The van der Waals surface area contributed by atoms with Crippen molar-refractivity contribution in [2.75, 3.05) is 11.9 Å². The van der Waals surface area contributed by atoms with Gasteiger partial charge in [0.2, 0.25) is 5.91 Å². The van der Waals surface area contributed by atoms with Crippen molar-refractivity contribution in [2.45, 2.75) is 31.7 Å². The van der Waals surface area contributed by atoms with Crippen molar-refractivity contribution >= 4 is 23.5 Å². The number of nitrogens with zero attached hydrogens (tertiary/aromatic N) is 1. The van der Waals surface area contributed by atoms with Gasteiger partial charge in [0, 0.05) is 0 Å². The highest BCUT2D eigenvalue weighted by atomic mass is 16.5. The minimum atomic E-state index is -1.21. The van der Waals surface area contributed by atoms with E-state index in [1.165, 1.54) is 11.1 Å². The molecule has 0 saturated carbocycles. The molecule has 7 heteroatoms. The highest BCUT2D eigenvalue weighted by Crippen LogP contribution is 2.33. The zero-order chi connectivity index (χ0) is 23.7. The summed E-state index contributed by atoms with van der Waals surface area (Å²) in [7, 11) is 0. The number of amides is 4. The molecule has 0 bridgehead atoms. The molecule has 5 rings (SSSR count). The Kier molecular flexibility index (Phi) is 5.53. The summed E-state index contributed by atoms with van der Waals surface area (Å²) in [5.41, 5.74) is 2.48. The summed E-state index contributed by atoms with van der Waals surface area (Å²) in [5.74, 6) is 0.149. The molecule has 1 aliphatic carbocycles. The maximum atomic E-state index is 13.3. The van der Waals surface area contributed by atoms with E-state index in [2.05, 4.69) is 10.6 Å². The molecule has 3 aromatic rings. The normalized spacial score (nSPS) is 19.0. The lowest BCUT2D eigenvalue weighted by atomic mass is 9.89. The third-order valence-corrected chi connectivity index (χ3v) is 6.38. The number of rotatable bonds is 6. The third-order valence-electron chi connectivity index (χ3n) is 6.38. The van der Waals surface area contributed by atoms with Gasteiger partial charge in [-0.1, -0.05) is 48.5 Å². The minimum absolute atomic E-state index is 0.398. The second-order valence-electron chi connectivity index (χ2n) is 8.74. The smallest absolute Gasteiger partial charge is 0.325 e. The number of carbonyl (C=O) groups excluding carboxylic acids is 3. The van der Waals surface area contributed by atoms with Crippen LogP contribution in [0.25, 0.3) is 0 Å². The van der Waals surface area contributed by atoms with E-state index in [4.69, 9.17) is 4.74 Å². The van der Waals surface area contributed by atoms with Crippen LogP contribution >= 0.6 is 0 Å². The van der Waals surface area contributed by atoms with Crippen LogP contribution in [-0.2, 0) is 28.0 Å². The van der Waals surface area contributed by atoms with Crippen LogP contribution in [0.3, 0.4) is 0 Å². The average molecular weight is 456 g/mol. The van der Waals surface area contributed by atoms with Gasteiger partial charge in [0.25, 0.3) is 5.91 Å². The van der Waals surface area contributed by atoms with E-state index in [-0.39, 0.29) is 0 Å². The molecule has 1 fully saturated rings. The summed E-state index contributed by atoms with van der Waals surface area (Å²) < 4.78 is 5.88. The molecule has 1 aliphatic heterocycles. The van der Waals surface area contributed by atoms with Crippen LogP contribution < -0.4 is 15.4 Å². The Balaban J connectivity index is 1.30. The van der Waals surface area contributed by atoms with Crippen LogP contribution in [-0.4, -0.2) is 29.3 Å². The van der Waals surface area contributed by atoms with Gasteiger partial charge in [0.05, 0.1) is 5.69 Å². The topological polar surface area (TPSA) is 87.7 Å². The van der Waals surface area contributed by atoms with Crippen LogP contribution in [0.1, 0.15) is 30.0 Å². The number of para-hydroxylation sites is 3. The Morgan fingerprint density at radius 2 is 1.74 bits per heavy atom. The molecule has 1 saturated heterocycles. The summed E-state index contributed by atoms with van der Waals surface area (Å²) in [5, 5.41) is 5.55. The Morgan fingerprint density at radius 1 is 1.00 bits per heavy atom. The first-order chi connectivity index (χ1) is 16.4. The van der Waals surface area contributed by atoms with Crippen LogP contribution in [0.15, 0.2) is 72.8 Å². The Hall–Kier alpha value is -4.13. The fraction of sp³-hybridized carbons (Fsp3) is 0.222. The standard InChI is InChI=1S/C27H25N3O4/c1-27(20-15-14-18-8-7-9-19(18)16-20)25(32)30(26(33)29-27)17-24(31)28-22-12-5-6-13-23(22)34-21-10-3-2-4-11-21/h2-6,10-16H,7-9,17H2,1H3,(H,28,31)(H,29,33)/t27-/m0/s1. The number of aryl methyl sites for hydroxylation is 2. The van der Waals surface area contributed by atoms with Crippen molar-refractivity contribution in [3.63, 3.8) is 0 Å². The number of ether oxygens (including phenoxy) is 1. The lowest BCUT2D eigenvalue weighted by molar-refractivity contribution is -0.133. The van der Waals surface area contributed by atoms with Gasteiger partial charge in [-0.15, -0.1) is 0 Å². The van der Waals surface area contributed by atoms with Gasteiger partial charge in [-0.25, -0.2) is 4.79 Å². The van der Waals surface area contributed by atoms with Crippen molar-refractivity contribution in [1.29, 1.82) is 0 Å². The summed E-state index contributed by atoms with van der Waals surface area (Å²) in [4.78, 5) is 39.8. The second kappa shape index (κ2) is 8.67. The first-order valence-electron chi connectivity index (χ1n) is 11.3. The van der Waals surface area contributed by atoms with Crippen molar-refractivity contribution in [1.82, 2.24) is 10.2 Å². The molecule has 34 heavy (non-hydrogen) atoms. The van der Waals surface area contributed by atoms with Crippen molar-refractivity contribution in [2.24, 2.45) is 0 Å². The lowest BCUT2D eigenvalue weighted by Gasteiger charge is -2.23. The SMILES string of the molecule is C[C@@]1(c2ccc3c(c2)CCC3)NC(=O)N(CC(=O)Nc2ccccc2Oc2ccccc2)C1=O. The third kappa shape index (κ3) is 4.01. The van der Waals surface area contributed by atoms with E-state index in [1.54, 1.807) is 31.2 Å². The number of imide groups is 1. The number of nitrogens with one attached hydrogen (secondary N) is 2. The van der Waals surface area contributed by atoms with Crippen LogP contribution in [0.5, 0.6) is 11.5 Å². The molecule has 0 unspecified atom stereocenters. The van der Waals surface area contributed by atoms with Gasteiger partial charge in [-0.3, -0.25) is 14.5 Å². The molecule has 1 atom stereocenters. The Morgan fingerprint density at radius 3 is 2.56 bits per heavy atom. The van der Waals surface area contributed by atoms with Crippen molar-refractivity contribution in [3.05, 3.63) is 89.5 Å². The minimum Gasteiger partial charge on any atom is -0.455 e. The zero-order valence-corrected chi connectivity index (χ0v) is 18.8. The summed E-state index contributed by atoms with van der Waals surface area (Å²) in [6, 6.07) is 21.6. The number of benzene rings is 3. The molecule has 0 spiro atoms. The number of anilines is 1. The molecule has 4 amide bonds. The van der Waals surface area contributed by atoms with Crippen LogP contribution in [0, 0.1) is 0 Å². The maximum absolute atomic E-state index is 13.3. The van der Waals surface area contributed by atoms with E-state index in [1.807, 2.05) is 48.5 Å². The Bertz CT molecular complexity index is 1270. The van der Waals surface area contributed by atoms with E-state index in [0.717, 1.165) is 29.7 Å². The van der Waals surface area contributed by atoms with E-state index >= 15 is 0 Å². The van der Waals surface area contributed by atoms with Crippen molar-refractivity contribution < 1.29 is 19.1 Å². The fourth-order valence-electron chi connectivity index (χ4n) is 4.53. The van der Waals surface area contributed by atoms with Gasteiger partial charge >= 0.3 is 6.03 Å². The molecule has 172 valence electrons. The number of hydrogen-bond donors (Lipinski definition) is 2. The summed E-state index contributed by atoms with van der Waals surface area (Å²) >= 11 is 0. The molecule has 2 aliphatic rings. The molecule has 2 N–H and O–H groups in total. The predicted octanol–water partition coefficient (Wildman–Crippen LogP) is 4.37. The molecular formula is C27H25N3O4. The monoisotopic (exact) mass is 455 g/mol. The van der Waals surface area contributed by atoms with Crippen LogP contribution in [0.4, 0.5) is 10.5 Å². The lowest BCUT2D eigenvalue weighted by Crippen LogP contribution is -2.42. The highest BCUT2D eigenvalue weighted by molar-refractivity contribution is 6.10. The van der Waals surface area contributed by atoms with E-state index < -0.39 is 29.9 Å². The molecule has 3 aromatic carbocycles. The molecular weight excluding hydrogens is 430 g/mol. The van der Waals surface area contributed by atoms with Gasteiger partial charge in [0.15, 0.2) is 5.75 Å². The summed E-state index contributed by atoms with van der Waals surface area (Å²) in [6.45, 7) is 1.29. The molecule has 7 nitrogen and oxygen atoms in total. The van der Waals surface area contributed by atoms with E-state index in [0.29, 0.717) is 17.2 Å². The number of carbonyl (C=O) groups is 3. The first kappa shape index (κ1) is 21.7.